The van der Waals surface area contributed by atoms with Crippen molar-refractivity contribution in [3.8, 4) is 0 Å². The van der Waals surface area contributed by atoms with Crippen LogP contribution in [0, 0.1) is 11.3 Å². The third-order valence-corrected chi connectivity index (χ3v) is 4.34. The Balaban J connectivity index is 2.19. The molecule has 0 aromatic heterocycles. The second kappa shape index (κ2) is 5.96. The molecule has 0 radical (unpaired) electrons. The van der Waals surface area contributed by atoms with Crippen molar-refractivity contribution in [2.75, 3.05) is 13.1 Å². The molecule has 1 aliphatic rings. The summed E-state index contributed by atoms with van der Waals surface area (Å²) in [6.45, 7) is 7.83. The van der Waals surface area contributed by atoms with Gasteiger partial charge in [0, 0.05) is 12.6 Å². The third-order valence-electron chi connectivity index (χ3n) is 4.34. The smallest absolute Gasteiger partial charge is 0.310 e. The molecule has 3 nitrogen and oxygen atoms in total. The molecule has 0 amide bonds. The molecule has 3 heteroatoms. The van der Waals surface area contributed by atoms with E-state index in [0.717, 1.165) is 19.4 Å². The zero-order chi connectivity index (χ0) is 14.8. The fourth-order valence-corrected chi connectivity index (χ4v) is 3.05. The van der Waals surface area contributed by atoms with E-state index in [-0.39, 0.29) is 0 Å². The Morgan fingerprint density at radius 3 is 2.50 bits per heavy atom. The van der Waals surface area contributed by atoms with Crippen LogP contribution in [0.1, 0.15) is 45.2 Å². The normalized spacial score (nSPS) is 25.0. The van der Waals surface area contributed by atoms with Gasteiger partial charge in [0.15, 0.2) is 0 Å². The van der Waals surface area contributed by atoms with Gasteiger partial charge in [-0.2, -0.15) is 0 Å². The van der Waals surface area contributed by atoms with Gasteiger partial charge in [0.2, 0.25) is 0 Å². The molecule has 1 aromatic carbocycles. The lowest BCUT2D eigenvalue weighted by Gasteiger charge is -2.30. The summed E-state index contributed by atoms with van der Waals surface area (Å²) in [5, 5.41) is 9.40. The summed E-state index contributed by atoms with van der Waals surface area (Å²) in [6.07, 6.45) is 1.81. The number of rotatable bonds is 5. The molecule has 20 heavy (non-hydrogen) atoms. The summed E-state index contributed by atoms with van der Waals surface area (Å²) in [4.78, 5) is 13.8. The highest BCUT2D eigenvalue weighted by molar-refractivity contribution is 5.74. The number of carboxylic acids is 1. The van der Waals surface area contributed by atoms with E-state index in [4.69, 9.17) is 0 Å². The molecule has 1 N–H and O–H groups in total. The van der Waals surface area contributed by atoms with Gasteiger partial charge >= 0.3 is 5.97 Å². The first kappa shape index (κ1) is 15.0. The van der Waals surface area contributed by atoms with Crippen LogP contribution >= 0.6 is 0 Å². The summed E-state index contributed by atoms with van der Waals surface area (Å²) < 4.78 is 0. The van der Waals surface area contributed by atoms with Gasteiger partial charge in [-0.05, 0) is 37.8 Å². The van der Waals surface area contributed by atoms with Crippen LogP contribution in [-0.2, 0) is 4.79 Å². The van der Waals surface area contributed by atoms with E-state index in [0.29, 0.717) is 18.5 Å². The standard InChI is InChI=1S/C17H25NO2/c1-13(2)11-15(14-7-5-4-6-8-14)18-10-9-17(3,12-18)16(19)20/h4-8,13,15H,9-12H2,1-3H3,(H,19,20). The van der Waals surface area contributed by atoms with E-state index >= 15 is 0 Å². The van der Waals surface area contributed by atoms with Crippen LogP contribution < -0.4 is 0 Å². The Hall–Kier alpha value is -1.35. The van der Waals surface area contributed by atoms with Crippen molar-refractivity contribution in [3.63, 3.8) is 0 Å². The van der Waals surface area contributed by atoms with E-state index in [1.54, 1.807) is 0 Å². The maximum Gasteiger partial charge on any atom is 0.310 e. The average Bonchev–Trinajstić information content (AvgIpc) is 2.81. The predicted octanol–water partition coefficient (Wildman–Crippen LogP) is 3.57. The summed E-state index contributed by atoms with van der Waals surface area (Å²) in [7, 11) is 0. The van der Waals surface area contributed by atoms with Gasteiger partial charge in [0.1, 0.15) is 0 Å². The van der Waals surface area contributed by atoms with E-state index in [9.17, 15) is 9.90 Å². The Bertz CT molecular complexity index is 457. The van der Waals surface area contributed by atoms with Crippen LogP contribution in [0.4, 0.5) is 0 Å². The number of likely N-dealkylation sites (tertiary alicyclic amines) is 1. The molecule has 0 saturated carbocycles. The Kier molecular flexibility index (Phi) is 4.48. The van der Waals surface area contributed by atoms with E-state index in [2.05, 4.69) is 43.0 Å². The summed E-state index contributed by atoms with van der Waals surface area (Å²) in [5.74, 6) is -0.0757. The van der Waals surface area contributed by atoms with Crippen LogP contribution in [0.2, 0.25) is 0 Å². The zero-order valence-corrected chi connectivity index (χ0v) is 12.7. The first-order valence-electron chi connectivity index (χ1n) is 7.45. The summed E-state index contributed by atoms with van der Waals surface area (Å²) in [5.41, 5.74) is 0.708. The number of aliphatic carboxylic acids is 1. The quantitative estimate of drug-likeness (QED) is 0.893. The van der Waals surface area contributed by atoms with Crippen LogP contribution in [0.25, 0.3) is 0 Å². The molecule has 1 fully saturated rings. The largest absolute Gasteiger partial charge is 0.481 e. The number of hydrogen-bond donors (Lipinski definition) is 1. The van der Waals surface area contributed by atoms with Gasteiger partial charge in [-0.3, -0.25) is 9.69 Å². The van der Waals surface area contributed by atoms with Crippen LogP contribution in [0.15, 0.2) is 30.3 Å². The maximum atomic E-state index is 11.4. The fraction of sp³-hybridized carbons (Fsp3) is 0.588. The SMILES string of the molecule is CC(C)CC(c1ccccc1)N1CCC(C)(C(=O)O)C1. The number of benzene rings is 1. The molecule has 0 spiro atoms. The molecule has 110 valence electrons. The highest BCUT2D eigenvalue weighted by Crippen LogP contribution is 2.38. The molecule has 1 heterocycles. The topological polar surface area (TPSA) is 40.5 Å². The van der Waals surface area contributed by atoms with Crippen molar-refractivity contribution in [1.82, 2.24) is 4.90 Å². The van der Waals surface area contributed by atoms with Gasteiger partial charge in [-0.1, -0.05) is 44.2 Å². The lowest BCUT2D eigenvalue weighted by molar-refractivity contribution is -0.147. The summed E-state index contributed by atoms with van der Waals surface area (Å²) in [6, 6.07) is 10.8. The van der Waals surface area contributed by atoms with Crippen molar-refractivity contribution in [2.24, 2.45) is 11.3 Å². The highest BCUT2D eigenvalue weighted by atomic mass is 16.4. The molecular formula is C17H25NO2. The molecule has 2 rings (SSSR count). The average molecular weight is 275 g/mol. The zero-order valence-electron chi connectivity index (χ0n) is 12.7. The molecule has 2 atom stereocenters. The van der Waals surface area contributed by atoms with Crippen molar-refractivity contribution in [2.45, 2.75) is 39.7 Å². The molecule has 1 saturated heterocycles. The van der Waals surface area contributed by atoms with Gasteiger partial charge in [-0.25, -0.2) is 0 Å². The van der Waals surface area contributed by atoms with Gasteiger partial charge in [-0.15, -0.1) is 0 Å². The first-order chi connectivity index (χ1) is 9.42. The molecule has 1 aliphatic heterocycles. The van der Waals surface area contributed by atoms with E-state index in [1.807, 2.05) is 13.0 Å². The lowest BCUT2D eigenvalue weighted by atomic mass is 9.90. The minimum Gasteiger partial charge on any atom is -0.481 e. The summed E-state index contributed by atoms with van der Waals surface area (Å²) >= 11 is 0. The van der Waals surface area contributed by atoms with E-state index in [1.165, 1.54) is 5.56 Å². The fourth-order valence-electron chi connectivity index (χ4n) is 3.05. The van der Waals surface area contributed by atoms with Gasteiger partial charge in [0.05, 0.1) is 5.41 Å². The highest BCUT2D eigenvalue weighted by Gasteiger charge is 2.42. The Labute approximate surface area is 121 Å². The molecule has 0 bridgehead atoms. The maximum absolute atomic E-state index is 11.4. The minimum atomic E-state index is -0.670. The molecule has 2 unspecified atom stereocenters. The van der Waals surface area contributed by atoms with Crippen molar-refractivity contribution >= 4 is 5.97 Å². The molecule has 0 aliphatic carbocycles. The number of hydrogen-bond acceptors (Lipinski definition) is 2. The molecule has 1 aromatic rings. The number of carbonyl (C=O) groups is 1. The second-order valence-electron chi connectivity index (χ2n) is 6.64. The number of nitrogens with zero attached hydrogens (tertiary/aromatic N) is 1. The predicted molar refractivity (Wildman–Crippen MR) is 80.6 cm³/mol. The van der Waals surface area contributed by atoms with Gasteiger partial charge in [0.25, 0.3) is 0 Å². The van der Waals surface area contributed by atoms with Gasteiger partial charge < -0.3 is 5.11 Å². The monoisotopic (exact) mass is 275 g/mol. The molecular weight excluding hydrogens is 250 g/mol. The van der Waals surface area contributed by atoms with E-state index < -0.39 is 11.4 Å². The Morgan fingerprint density at radius 2 is 2.00 bits per heavy atom. The van der Waals surface area contributed by atoms with Crippen molar-refractivity contribution in [1.29, 1.82) is 0 Å². The minimum absolute atomic E-state index is 0.331. The number of carboxylic acid groups (broad SMARTS) is 1. The second-order valence-corrected chi connectivity index (χ2v) is 6.64. The van der Waals surface area contributed by atoms with Crippen LogP contribution in [0.5, 0.6) is 0 Å². The van der Waals surface area contributed by atoms with Crippen molar-refractivity contribution in [3.05, 3.63) is 35.9 Å². The van der Waals surface area contributed by atoms with Crippen LogP contribution in [0.3, 0.4) is 0 Å². The van der Waals surface area contributed by atoms with Crippen LogP contribution in [-0.4, -0.2) is 29.1 Å². The lowest BCUT2D eigenvalue weighted by Crippen LogP contribution is -2.34. The Morgan fingerprint density at radius 1 is 1.35 bits per heavy atom. The van der Waals surface area contributed by atoms with Crippen molar-refractivity contribution < 1.29 is 9.90 Å². The third kappa shape index (κ3) is 3.21. The first-order valence-corrected chi connectivity index (χ1v) is 7.45.